The lowest BCUT2D eigenvalue weighted by molar-refractivity contribution is 0.859. The maximum atomic E-state index is 8.59. The van der Waals surface area contributed by atoms with Gasteiger partial charge < -0.3 is 4.90 Å². The SMILES string of the molecule is Cc1ccc(C)c(-c2cnc(N(C)CCC#N)nc2)c1. The van der Waals surface area contributed by atoms with Crippen molar-refractivity contribution in [2.24, 2.45) is 0 Å². The van der Waals surface area contributed by atoms with Crippen LogP contribution in [-0.4, -0.2) is 23.6 Å². The summed E-state index contributed by atoms with van der Waals surface area (Å²) in [6.07, 6.45) is 4.15. The van der Waals surface area contributed by atoms with Crippen molar-refractivity contribution in [3.05, 3.63) is 41.7 Å². The Morgan fingerprint density at radius 3 is 2.55 bits per heavy atom. The van der Waals surface area contributed by atoms with E-state index in [2.05, 4.69) is 48.1 Å². The van der Waals surface area contributed by atoms with E-state index in [9.17, 15) is 0 Å². The van der Waals surface area contributed by atoms with Gasteiger partial charge in [-0.2, -0.15) is 5.26 Å². The van der Waals surface area contributed by atoms with Crippen molar-refractivity contribution in [3.8, 4) is 17.2 Å². The molecule has 0 aliphatic rings. The molecule has 1 aromatic carbocycles. The molecular weight excluding hydrogens is 248 g/mol. The fraction of sp³-hybridized carbons (Fsp3) is 0.312. The molecule has 1 aromatic heterocycles. The summed E-state index contributed by atoms with van der Waals surface area (Å²) >= 11 is 0. The standard InChI is InChI=1S/C16H18N4/c1-12-5-6-13(2)15(9-12)14-10-18-16(19-11-14)20(3)8-4-7-17/h5-6,9-11H,4,8H2,1-3H3. The van der Waals surface area contributed by atoms with Gasteiger partial charge in [0.15, 0.2) is 0 Å². The van der Waals surface area contributed by atoms with Crippen LogP contribution in [0.2, 0.25) is 0 Å². The van der Waals surface area contributed by atoms with Crippen LogP contribution in [0.15, 0.2) is 30.6 Å². The van der Waals surface area contributed by atoms with Crippen LogP contribution in [0.1, 0.15) is 17.5 Å². The summed E-state index contributed by atoms with van der Waals surface area (Å²) in [6, 6.07) is 8.48. The highest BCUT2D eigenvalue weighted by atomic mass is 15.2. The van der Waals surface area contributed by atoms with Gasteiger partial charge in [-0.1, -0.05) is 23.8 Å². The minimum absolute atomic E-state index is 0.471. The Balaban J connectivity index is 2.24. The fourth-order valence-corrected chi connectivity index (χ4v) is 2.02. The molecule has 0 atom stereocenters. The maximum absolute atomic E-state index is 8.59. The van der Waals surface area contributed by atoms with Gasteiger partial charge in [-0.05, 0) is 25.0 Å². The third-order valence-corrected chi connectivity index (χ3v) is 3.24. The lowest BCUT2D eigenvalue weighted by Gasteiger charge is -2.15. The van der Waals surface area contributed by atoms with Crippen molar-refractivity contribution < 1.29 is 0 Å². The third kappa shape index (κ3) is 3.12. The van der Waals surface area contributed by atoms with E-state index in [1.807, 2.05) is 24.3 Å². The Kier molecular flexibility index (Phi) is 4.31. The molecule has 0 amide bonds. The van der Waals surface area contributed by atoms with E-state index in [-0.39, 0.29) is 0 Å². The Morgan fingerprint density at radius 2 is 1.90 bits per heavy atom. The molecule has 4 heteroatoms. The number of aryl methyl sites for hydroxylation is 2. The fourth-order valence-electron chi connectivity index (χ4n) is 2.02. The van der Waals surface area contributed by atoms with Gasteiger partial charge >= 0.3 is 0 Å². The highest BCUT2D eigenvalue weighted by molar-refractivity contribution is 5.66. The Labute approximate surface area is 119 Å². The quantitative estimate of drug-likeness (QED) is 0.853. The predicted octanol–water partition coefficient (Wildman–Crippen LogP) is 3.11. The van der Waals surface area contributed by atoms with Crippen LogP contribution in [0, 0.1) is 25.2 Å². The number of nitrogens with zero attached hydrogens (tertiary/aromatic N) is 4. The van der Waals surface area contributed by atoms with Gasteiger partial charge in [-0.3, -0.25) is 0 Å². The molecule has 0 aliphatic carbocycles. The molecule has 0 aliphatic heterocycles. The van der Waals surface area contributed by atoms with Crippen LogP contribution in [-0.2, 0) is 0 Å². The van der Waals surface area contributed by atoms with Crippen LogP contribution in [0.5, 0.6) is 0 Å². The van der Waals surface area contributed by atoms with E-state index in [1.54, 1.807) is 0 Å². The number of rotatable bonds is 4. The molecule has 0 unspecified atom stereocenters. The minimum Gasteiger partial charge on any atom is -0.343 e. The summed E-state index contributed by atoms with van der Waals surface area (Å²) in [5.41, 5.74) is 4.62. The van der Waals surface area contributed by atoms with Gasteiger partial charge in [0.1, 0.15) is 0 Å². The highest BCUT2D eigenvalue weighted by Crippen LogP contribution is 2.23. The van der Waals surface area contributed by atoms with Crippen LogP contribution in [0.25, 0.3) is 11.1 Å². The molecule has 0 N–H and O–H groups in total. The second-order valence-corrected chi connectivity index (χ2v) is 4.92. The first kappa shape index (κ1) is 14.0. The van der Waals surface area contributed by atoms with E-state index >= 15 is 0 Å². The van der Waals surface area contributed by atoms with Crippen molar-refractivity contribution in [2.75, 3.05) is 18.5 Å². The summed E-state index contributed by atoms with van der Waals surface area (Å²) in [5, 5.41) is 8.59. The number of hydrogen-bond donors (Lipinski definition) is 0. The smallest absolute Gasteiger partial charge is 0.225 e. The summed E-state index contributed by atoms with van der Waals surface area (Å²) in [5.74, 6) is 0.648. The molecule has 2 aromatic rings. The first-order chi connectivity index (χ1) is 9.61. The average Bonchev–Trinajstić information content (AvgIpc) is 2.47. The first-order valence-corrected chi connectivity index (χ1v) is 6.59. The van der Waals surface area contributed by atoms with Gasteiger partial charge in [-0.25, -0.2) is 9.97 Å². The second-order valence-electron chi connectivity index (χ2n) is 4.92. The van der Waals surface area contributed by atoms with Crippen LogP contribution in [0.3, 0.4) is 0 Å². The Bertz CT molecular complexity index is 626. The Morgan fingerprint density at radius 1 is 1.20 bits per heavy atom. The van der Waals surface area contributed by atoms with E-state index in [4.69, 9.17) is 5.26 Å². The van der Waals surface area contributed by atoms with Crippen molar-refractivity contribution in [1.29, 1.82) is 5.26 Å². The summed E-state index contributed by atoms with van der Waals surface area (Å²) < 4.78 is 0. The van der Waals surface area contributed by atoms with Crippen molar-refractivity contribution in [2.45, 2.75) is 20.3 Å². The zero-order valence-corrected chi connectivity index (χ0v) is 12.1. The molecule has 0 bridgehead atoms. The number of anilines is 1. The largest absolute Gasteiger partial charge is 0.343 e. The maximum Gasteiger partial charge on any atom is 0.225 e. The molecule has 20 heavy (non-hydrogen) atoms. The molecule has 0 radical (unpaired) electrons. The van der Waals surface area contributed by atoms with Crippen LogP contribution in [0.4, 0.5) is 5.95 Å². The molecule has 0 saturated heterocycles. The third-order valence-electron chi connectivity index (χ3n) is 3.24. The molecule has 0 spiro atoms. The topological polar surface area (TPSA) is 52.8 Å². The number of nitriles is 1. The van der Waals surface area contributed by atoms with E-state index in [0.717, 1.165) is 11.1 Å². The molecule has 2 rings (SSSR count). The predicted molar refractivity (Wildman–Crippen MR) is 80.4 cm³/mol. The molecule has 0 fully saturated rings. The van der Waals surface area contributed by atoms with Crippen molar-refractivity contribution >= 4 is 5.95 Å². The average molecular weight is 266 g/mol. The zero-order valence-electron chi connectivity index (χ0n) is 12.1. The van der Waals surface area contributed by atoms with E-state index in [0.29, 0.717) is 18.9 Å². The summed E-state index contributed by atoms with van der Waals surface area (Å²) in [7, 11) is 1.89. The van der Waals surface area contributed by atoms with E-state index in [1.165, 1.54) is 11.1 Å². The Hall–Kier alpha value is -2.41. The molecule has 1 heterocycles. The van der Waals surface area contributed by atoms with Gasteiger partial charge in [0.25, 0.3) is 0 Å². The summed E-state index contributed by atoms with van der Waals surface area (Å²) in [4.78, 5) is 10.7. The van der Waals surface area contributed by atoms with E-state index < -0.39 is 0 Å². The molecular formula is C16H18N4. The number of aromatic nitrogens is 2. The minimum atomic E-state index is 0.471. The molecule has 102 valence electrons. The monoisotopic (exact) mass is 266 g/mol. The van der Waals surface area contributed by atoms with Crippen molar-refractivity contribution in [3.63, 3.8) is 0 Å². The van der Waals surface area contributed by atoms with Crippen LogP contribution < -0.4 is 4.90 Å². The normalized spacial score (nSPS) is 10.1. The van der Waals surface area contributed by atoms with Gasteiger partial charge in [0.2, 0.25) is 5.95 Å². The lowest BCUT2D eigenvalue weighted by atomic mass is 10.0. The summed E-state index contributed by atoms with van der Waals surface area (Å²) in [6.45, 7) is 4.80. The first-order valence-electron chi connectivity index (χ1n) is 6.59. The molecule has 4 nitrogen and oxygen atoms in total. The van der Waals surface area contributed by atoms with Gasteiger partial charge in [0, 0.05) is 31.5 Å². The lowest BCUT2D eigenvalue weighted by Crippen LogP contribution is -2.20. The van der Waals surface area contributed by atoms with Crippen molar-refractivity contribution in [1.82, 2.24) is 9.97 Å². The van der Waals surface area contributed by atoms with Gasteiger partial charge in [0.05, 0.1) is 12.5 Å². The second kappa shape index (κ2) is 6.16. The highest BCUT2D eigenvalue weighted by Gasteiger charge is 2.06. The number of benzene rings is 1. The van der Waals surface area contributed by atoms with Gasteiger partial charge in [-0.15, -0.1) is 0 Å². The number of hydrogen-bond acceptors (Lipinski definition) is 4. The zero-order chi connectivity index (χ0) is 14.5. The molecule has 0 saturated carbocycles. The van der Waals surface area contributed by atoms with Crippen LogP contribution >= 0.6 is 0 Å².